The minimum Gasteiger partial charge on any atom is -0.364 e. The number of alkyl halides is 1. The molecule has 10 nitrogen and oxygen atoms in total. The molecular weight excluding hydrogens is 534 g/mol. The average molecular weight is 559 g/mol. The Morgan fingerprint density at radius 2 is 1.88 bits per heavy atom. The number of carbonyl (C=O) groups is 4. The van der Waals surface area contributed by atoms with E-state index in [0.717, 1.165) is 10.5 Å². The number of anilines is 1. The number of carbonyl (C=O) groups excluding carboxylic acids is 4. The number of likely N-dealkylation sites (tertiary alicyclic amines) is 1. The minimum absolute atomic E-state index is 0.00756. The quantitative estimate of drug-likeness (QED) is 0.334. The highest BCUT2D eigenvalue weighted by Crippen LogP contribution is 2.31. The third kappa shape index (κ3) is 4.66. The first-order chi connectivity index (χ1) is 19.7. The molecule has 4 N–H and O–H groups in total. The van der Waals surface area contributed by atoms with E-state index in [9.17, 15) is 23.6 Å². The third-order valence-corrected chi connectivity index (χ3v) is 7.41. The lowest BCUT2D eigenvalue weighted by atomic mass is 9.99. The fourth-order valence-electron chi connectivity index (χ4n) is 5.41. The normalized spacial score (nSPS) is 17.9. The highest BCUT2D eigenvalue weighted by molar-refractivity contribution is 6.04. The molecule has 4 amide bonds. The number of amides is 4. The SMILES string of the molecule is NC(=O)c1nn(CC(=O)N2C[C@H](F)C[C@H]2C(=O)Nc2cccc(-c3ccc4c(c3)C(=O)NC4)c2F)c2ccccc12. The van der Waals surface area contributed by atoms with Crippen molar-refractivity contribution >= 4 is 40.2 Å². The lowest BCUT2D eigenvalue weighted by molar-refractivity contribution is -0.137. The number of nitrogens with two attached hydrogens (primary N) is 1. The van der Waals surface area contributed by atoms with Crippen LogP contribution >= 0.6 is 0 Å². The molecular formula is C29H24F2N6O4. The molecule has 1 fully saturated rings. The number of aromatic nitrogens is 2. The maximum absolute atomic E-state index is 15.6. The first-order valence-electron chi connectivity index (χ1n) is 12.9. The van der Waals surface area contributed by atoms with Crippen LogP contribution < -0.4 is 16.4 Å². The summed E-state index contributed by atoms with van der Waals surface area (Å²) < 4.78 is 31.4. The molecule has 0 saturated carbocycles. The number of benzene rings is 3. The van der Waals surface area contributed by atoms with Gasteiger partial charge in [0.2, 0.25) is 11.8 Å². The fourth-order valence-corrected chi connectivity index (χ4v) is 5.41. The summed E-state index contributed by atoms with van der Waals surface area (Å²) in [5.74, 6) is -3.07. The van der Waals surface area contributed by atoms with Gasteiger partial charge in [0.25, 0.3) is 11.8 Å². The zero-order chi connectivity index (χ0) is 28.8. The first kappa shape index (κ1) is 26.1. The Hall–Kier alpha value is -5.13. The number of halogens is 2. The lowest BCUT2D eigenvalue weighted by Gasteiger charge is -2.24. The third-order valence-electron chi connectivity index (χ3n) is 7.41. The zero-order valence-corrected chi connectivity index (χ0v) is 21.6. The molecule has 0 unspecified atom stereocenters. The predicted octanol–water partition coefficient (Wildman–Crippen LogP) is 2.76. The smallest absolute Gasteiger partial charge is 0.269 e. The molecule has 2 aliphatic rings. The van der Waals surface area contributed by atoms with Crippen molar-refractivity contribution < 1.29 is 28.0 Å². The molecule has 0 bridgehead atoms. The molecule has 2 atom stereocenters. The van der Waals surface area contributed by atoms with Crippen LogP contribution in [0, 0.1) is 5.82 Å². The predicted molar refractivity (Wildman–Crippen MR) is 145 cm³/mol. The van der Waals surface area contributed by atoms with E-state index in [2.05, 4.69) is 15.7 Å². The number of primary amides is 1. The van der Waals surface area contributed by atoms with Crippen molar-refractivity contribution in [1.29, 1.82) is 0 Å². The Morgan fingerprint density at radius 3 is 2.68 bits per heavy atom. The summed E-state index contributed by atoms with van der Waals surface area (Å²) in [5.41, 5.74) is 7.65. The van der Waals surface area contributed by atoms with Crippen LogP contribution in [0.15, 0.2) is 60.7 Å². The number of hydrogen-bond acceptors (Lipinski definition) is 5. The summed E-state index contributed by atoms with van der Waals surface area (Å²) in [6.45, 7) is -0.277. The molecule has 12 heteroatoms. The van der Waals surface area contributed by atoms with Crippen molar-refractivity contribution in [2.45, 2.75) is 31.7 Å². The summed E-state index contributed by atoms with van der Waals surface area (Å²) in [6, 6.07) is 15.0. The standard InChI is InChI=1S/C29H24F2N6O4/c30-17-11-23(36(13-17)24(38)14-37-22-7-2-1-4-19(22)26(35-37)27(32)39)29(41)34-21-6-3-5-18(25(21)31)15-8-9-16-12-33-28(40)20(16)10-15/h1-10,17,23H,11-14H2,(H2,32,39)(H,33,40)(H,34,41)/t17-,23+/m1/s1. The van der Waals surface area contributed by atoms with Gasteiger partial charge in [-0.05, 0) is 29.3 Å². The Morgan fingerprint density at radius 1 is 1.07 bits per heavy atom. The molecule has 1 saturated heterocycles. The van der Waals surface area contributed by atoms with Gasteiger partial charge in [0.1, 0.15) is 18.8 Å². The van der Waals surface area contributed by atoms with E-state index < -0.39 is 35.8 Å². The van der Waals surface area contributed by atoms with Gasteiger partial charge in [-0.1, -0.05) is 42.5 Å². The Kier molecular flexibility index (Phi) is 6.45. The van der Waals surface area contributed by atoms with Crippen molar-refractivity contribution in [3.8, 4) is 11.1 Å². The molecule has 0 aliphatic carbocycles. The van der Waals surface area contributed by atoms with Gasteiger partial charge in [0.05, 0.1) is 17.7 Å². The van der Waals surface area contributed by atoms with Gasteiger partial charge >= 0.3 is 0 Å². The molecule has 0 radical (unpaired) electrons. The van der Waals surface area contributed by atoms with Crippen molar-refractivity contribution in [2.75, 3.05) is 11.9 Å². The van der Waals surface area contributed by atoms with Gasteiger partial charge in [-0.2, -0.15) is 5.10 Å². The second-order valence-electron chi connectivity index (χ2n) is 9.99. The van der Waals surface area contributed by atoms with Gasteiger partial charge in [0.15, 0.2) is 11.5 Å². The maximum atomic E-state index is 15.6. The highest BCUT2D eigenvalue weighted by Gasteiger charge is 2.40. The molecule has 2 aliphatic heterocycles. The maximum Gasteiger partial charge on any atom is 0.269 e. The van der Waals surface area contributed by atoms with Crippen LogP contribution in [0.3, 0.4) is 0 Å². The van der Waals surface area contributed by atoms with E-state index in [1.165, 1.54) is 16.8 Å². The largest absolute Gasteiger partial charge is 0.364 e. The molecule has 4 aromatic rings. The molecule has 1 aromatic heterocycles. The van der Waals surface area contributed by atoms with Crippen LogP contribution in [0.1, 0.15) is 32.8 Å². The molecule has 3 heterocycles. The monoisotopic (exact) mass is 558 g/mol. The number of nitrogens with one attached hydrogen (secondary N) is 2. The van der Waals surface area contributed by atoms with E-state index in [0.29, 0.717) is 28.6 Å². The molecule has 6 rings (SSSR count). The summed E-state index contributed by atoms with van der Waals surface area (Å²) in [6.07, 6.45) is -1.72. The van der Waals surface area contributed by atoms with Gasteiger partial charge in [-0.3, -0.25) is 23.9 Å². The Bertz CT molecular complexity index is 1750. The molecule has 208 valence electrons. The van der Waals surface area contributed by atoms with Crippen LogP contribution in [-0.4, -0.2) is 57.1 Å². The van der Waals surface area contributed by atoms with Crippen molar-refractivity contribution in [2.24, 2.45) is 5.73 Å². The average Bonchev–Trinajstić information content (AvgIpc) is 3.65. The van der Waals surface area contributed by atoms with E-state index in [-0.39, 0.29) is 42.4 Å². The molecule has 41 heavy (non-hydrogen) atoms. The van der Waals surface area contributed by atoms with E-state index in [1.807, 2.05) is 0 Å². The summed E-state index contributed by atoms with van der Waals surface area (Å²) >= 11 is 0. The Balaban J connectivity index is 1.23. The zero-order valence-electron chi connectivity index (χ0n) is 21.6. The first-order valence-corrected chi connectivity index (χ1v) is 12.9. The molecule has 3 aromatic carbocycles. The van der Waals surface area contributed by atoms with Gasteiger partial charge in [0, 0.05) is 29.5 Å². The van der Waals surface area contributed by atoms with E-state index in [4.69, 9.17) is 5.73 Å². The van der Waals surface area contributed by atoms with Gasteiger partial charge < -0.3 is 21.3 Å². The van der Waals surface area contributed by atoms with Crippen LogP contribution in [0.5, 0.6) is 0 Å². The minimum atomic E-state index is -1.46. The number of fused-ring (bicyclic) bond motifs is 2. The van der Waals surface area contributed by atoms with Gasteiger partial charge in [-0.25, -0.2) is 8.78 Å². The second kappa shape index (κ2) is 10.1. The van der Waals surface area contributed by atoms with Gasteiger partial charge in [-0.15, -0.1) is 0 Å². The molecule has 0 spiro atoms. The second-order valence-corrected chi connectivity index (χ2v) is 9.99. The van der Waals surface area contributed by atoms with Crippen LogP contribution in [0.2, 0.25) is 0 Å². The van der Waals surface area contributed by atoms with Crippen molar-refractivity contribution in [3.05, 3.63) is 83.3 Å². The number of hydrogen-bond donors (Lipinski definition) is 3. The van der Waals surface area contributed by atoms with Crippen molar-refractivity contribution in [1.82, 2.24) is 20.0 Å². The fraction of sp³-hybridized carbons (Fsp3) is 0.207. The summed E-state index contributed by atoms with van der Waals surface area (Å²) in [7, 11) is 0. The Labute approximate surface area is 232 Å². The van der Waals surface area contributed by atoms with E-state index in [1.54, 1.807) is 48.5 Å². The van der Waals surface area contributed by atoms with Crippen LogP contribution in [0.4, 0.5) is 14.5 Å². The summed E-state index contributed by atoms with van der Waals surface area (Å²) in [5, 5.41) is 9.84. The highest BCUT2D eigenvalue weighted by atomic mass is 19.1. The summed E-state index contributed by atoms with van der Waals surface area (Å²) in [4.78, 5) is 51.5. The number of rotatable bonds is 6. The van der Waals surface area contributed by atoms with Crippen LogP contribution in [-0.2, 0) is 22.7 Å². The number of nitrogens with zero attached hydrogens (tertiary/aromatic N) is 3. The van der Waals surface area contributed by atoms with Crippen molar-refractivity contribution in [3.63, 3.8) is 0 Å². The number of para-hydroxylation sites is 1. The van der Waals surface area contributed by atoms with Crippen LogP contribution in [0.25, 0.3) is 22.0 Å². The van der Waals surface area contributed by atoms with E-state index >= 15 is 4.39 Å². The topological polar surface area (TPSA) is 139 Å². The lowest BCUT2D eigenvalue weighted by Crippen LogP contribution is -2.44.